The van der Waals surface area contributed by atoms with Gasteiger partial charge in [-0.3, -0.25) is 14.9 Å². The van der Waals surface area contributed by atoms with E-state index in [-0.39, 0.29) is 11.5 Å². The summed E-state index contributed by atoms with van der Waals surface area (Å²) >= 11 is 0. The van der Waals surface area contributed by atoms with Crippen molar-refractivity contribution in [3.05, 3.63) is 46.0 Å². The van der Waals surface area contributed by atoms with E-state index < -0.39 is 18.0 Å². The molecular formula is C13H17NO4. The topological polar surface area (TPSA) is 69.4 Å². The second kappa shape index (κ2) is 6.74. The van der Waals surface area contributed by atoms with Crippen LogP contribution in [0.3, 0.4) is 0 Å². The average molecular weight is 251 g/mol. The Bertz CT molecular complexity index is 405. The van der Waals surface area contributed by atoms with Crippen LogP contribution in [0.2, 0.25) is 0 Å². The number of rotatable bonds is 6. The Balaban J connectivity index is 2.96. The number of benzene rings is 1. The summed E-state index contributed by atoms with van der Waals surface area (Å²) in [7, 11) is 0. The fraction of sp³-hybridized carbons (Fsp3) is 0.462. The standard InChI is InChI=1S/C13H17NO4/c1-3-13(18-10(2)15)12(9-14(16)17)11-7-5-4-6-8-11/h4-8,12-13H,3,9H2,1-2H3. The van der Waals surface area contributed by atoms with Crippen LogP contribution in [-0.2, 0) is 9.53 Å². The van der Waals surface area contributed by atoms with Gasteiger partial charge >= 0.3 is 5.97 Å². The summed E-state index contributed by atoms with van der Waals surface area (Å²) in [6, 6.07) is 9.13. The molecule has 5 heteroatoms. The quantitative estimate of drug-likeness (QED) is 0.442. The van der Waals surface area contributed by atoms with Crippen LogP contribution in [0.25, 0.3) is 0 Å². The lowest BCUT2D eigenvalue weighted by Gasteiger charge is -2.23. The Kier molecular flexibility index (Phi) is 5.30. The monoisotopic (exact) mass is 251 g/mol. The number of ether oxygens (including phenoxy) is 1. The molecule has 0 heterocycles. The zero-order valence-electron chi connectivity index (χ0n) is 10.5. The maximum absolute atomic E-state index is 11.0. The van der Waals surface area contributed by atoms with Gasteiger partial charge in [-0.05, 0) is 12.0 Å². The third-order valence-corrected chi connectivity index (χ3v) is 2.74. The molecule has 0 saturated heterocycles. The molecule has 0 bridgehead atoms. The molecule has 0 saturated carbocycles. The van der Waals surface area contributed by atoms with Gasteiger partial charge < -0.3 is 4.74 Å². The van der Waals surface area contributed by atoms with Crippen LogP contribution in [0.4, 0.5) is 0 Å². The van der Waals surface area contributed by atoms with Gasteiger partial charge in [0.15, 0.2) is 0 Å². The maximum Gasteiger partial charge on any atom is 0.302 e. The molecule has 98 valence electrons. The van der Waals surface area contributed by atoms with E-state index in [1.54, 1.807) is 0 Å². The number of carbonyl (C=O) groups excluding carboxylic acids is 1. The lowest BCUT2D eigenvalue weighted by Crippen LogP contribution is -2.29. The summed E-state index contributed by atoms with van der Waals surface area (Å²) in [6.45, 7) is 2.93. The summed E-state index contributed by atoms with van der Waals surface area (Å²) in [6.07, 6.45) is 0.0859. The molecule has 1 aromatic rings. The molecule has 0 aliphatic carbocycles. The molecule has 0 amide bonds. The number of hydrogen-bond donors (Lipinski definition) is 0. The van der Waals surface area contributed by atoms with Crippen molar-refractivity contribution in [1.82, 2.24) is 0 Å². The highest BCUT2D eigenvalue weighted by Gasteiger charge is 2.28. The van der Waals surface area contributed by atoms with E-state index in [4.69, 9.17) is 4.74 Å². The third kappa shape index (κ3) is 4.16. The molecule has 18 heavy (non-hydrogen) atoms. The molecule has 0 fully saturated rings. The van der Waals surface area contributed by atoms with Crippen molar-refractivity contribution in [3.8, 4) is 0 Å². The van der Waals surface area contributed by atoms with Crippen LogP contribution < -0.4 is 0 Å². The third-order valence-electron chi connectivity index (χ3n) is 2.74. The highest BCUT2D eigenvalue weighted by atomic mass is 16.6. The number of hydrogen-bond acceptors (Lipinski definition) is 4. The molecule has 0 aromatic heterocycles. The normalized spacial score (nSPS) is 13.7. The lowest BCUT2D eigenvalue weighted by molar-refractivity contribution is -0.485. The van der Waals surface area contributed by atoms with Gasteiger partial charge in [-0.2, -0.15) is 0 Å². The molecule has 1 aromatic carbocycles. The van der Waals surface area contributed by atoms with Crippen LogP contribution in [0, 0.1) is 10.1 Å². The Labute approximate surface area is 106 Å². The fourth-order valence-corrected chi connectivity index (χ4v) is 1.96. The smallest absolute Gasteiger partial charge is 0.302 e. The number of nitrogens with zero attached hydrogens (tertiary/aromatic N) is 1. The van der Waals surface area contributed by atoms with Gasteiger partial charge in [-0.15, -0.1) is 0 Å². The fourth-order valence-electron chi connectivity index (χ4n) is 1.96. The molecule has 0 aliphatic heterocycles. The molecule has 5 nitrogen and oxygen atoms in total. The first-order valence-electron chi connectivity index (χ1n) is 5.88. The largest absolute Gasteiger partial charge is 0.462 e. The van der Waals surface area contributed by atoms with E-state index >= 15 is 0 Å². The van der Waals surface area contributed by atoms with Crippen LogP contribution in [0.15, 0.2) is 30.3 Å². The highest BCUT2D eigenvalue weighted by molar-refractivity contribution is 5.66. The van der Waals surface area contributed by atoms with Gasteiger partial charge in [0.1, 0.15) is 6.10 Å². The van der Waals surface area contributed by atoms with Crippen molar-refractivity contribution in [2.45, 2.75) is 32.3 Å². The van der Waals surface area contributed by atoms with Gasteiger partial charge in [0.05, 0.1) is 5.92 Å². The van der Waals surface area contributed by atoms with Gasteiger partial charge in [0.2, 0.25) is 6.54 Å². The Morgan fingerprint density at radius 1 is 1.39 bits per heavy atom. The van der Waals surface area contributed by atoms with Gasteiger partial charge in [0, 0.05) is 11.8 Å². The molecule has 0 N–H and O–H groups in total. The summed E-state index contributed by atoms with van der Waals surface area (Å²) in [5.41, 5.74) is 0.822. The van der Waals surface area contributed by atoms with Crippen molar-refractivity contribution < 1.29 is 14.5 Å². The Morgan fingerprint density at radius 2 is 2.00 bits per heavy atom. The van der Waals surface area contributed by atoms with Crippen LogP contribution in [0.1, 0.15) is 31.7 Å². The number of carbonyl (C=O) groups is 1. The van der Waals surface area contributed by atoms with Crippen LogP contribution in [0.5, 0.6) is 0 Å². The van der Waals surface area contributed by atoms with Crippen molar-refractivity contribution in [3.63, 3.8) is 0 Å². The number of esters is 1. The second-order valence-electron chi connectivity index (χ2n) is 4.09. The van der Waals surface area contributed by atoms with Crippen molar-refractivity contribution in [2.75, 3.05) is 6.54 Å². The Morgan fingerprint density at radius 3 is 2.44 bits per heavy atom. The summed E-state index contributed by atoms with van der Waals surface area (Å²) < 4.78 is 5.17. The SMILES string of the molecule is CCC(OC(C)=O)C(C[N+](=O)[O-])c1ccccc1. The van der Waals surface area contributed by atoms with Crippen molar-refractivity contribution >= 4 is 5.97 Å². The van der Waals surface area contributed by atoms with E-state index in [0.29, 0.717) is 6.42 Å². The lowest BCUT2D eigenvalue weighted by atomic mass is 9.92. The number of nitro groups is 1. The van der Waals surface area contributed by atoms with E-state index in [2.05, 4.69) is 0 Å². The summed E-state index contributed by atoms with van der Waals surface area (Å²) in [5.74, 6) is -0.818. The molecule has 2 unspecified atom stereocenters. The van der Waals surface area contributed by atoms with E-state index in [1.807, 2.05) is 37.3 Å². The van der Waals surface area contributed by atoms with Crippen molar-refractivity contribution in [1.29, 1.82) is 0 Å². The summed E-state index contributed by atoms with van der Waals surface area (Å²) in [4.78, 5) is 21.4. The molecule has 2 atom stereocenters. The van der Waals surface area contributed by atoms with Gasteiger partial charge in [-0.25, -0.2) is 0 Å². The predicted octanol–water partition coefficient (Wildman–Crippen LogP) is 2.39. The van der Waals surface area contributed by atoms with Gasteiger partial charge in [0.25, 0.3) is 0 Å². The van der Waals surface area contributed by atoms with Crippen molar-refractivity contribution in [2.24, 2.45) is 0 Å². The minimum atomic E-state index is -0.463. The first-order chi connectivity index (χ1) is 8.54. The van der Waals surface area contributed by atoms with Crippen LogP contribution in [-0.4, -0.2) is 23.5 Å². The van der Waals surface area contributed by atoms with Gasteiger partial charge in [-0.1, -0.05) is 37.3 Å². The summed E-state index contributed by atoms with van der Waals surface area (Å²) in [5, 5.41) is 10.8. The zero-order valence-corrected chi connectivity index (χ0v) is 10.5. The molecule has 0 spiro atoms. The average Bonchev–Trinajstić information content (AvgIpc) is 2.34. The van der Waals surface area contributed by atoms with E-state index in [0.717, 1.165) is 5.56 Å². The Hall–Kier alpha value is -1.91. The van der Waals surface area contributed by atoms with Crippen LogP contribution >= 0.6 is 0 Å². The second-order valence-corrected chi connectivity index (χ2v) is 4.09. The van der Waals surface area contributed by atoms with E-state index in [9.17, 15) is 14.9 Å². The molecule has 0 radical (unpaired) electrons. The predicted molar refractivity (Wildman–Crippen MR) is 66.9 cm³/mol. The molecular weight excluding hydrogens is 234 g/mol. The van der Waals surface area contributed by atoms with E-state index in [1.165, 1.54) is 6.92 Å². The zero-order chi connectivity index (χ0) is 13.5. The minimum Gasteiger partial charge on any atom is -0.462 e. The maximum atomic E-state index is 11.0. The highest BCUT2D eigenvalue weighted by Crippen LogP contribution is 2.24. The first-order valence-corrected chi connectivity index (χ1v) is 5.88. The minimum absolute atomic E-state index is 0.240. The molecule has 1 rings (SSSR count). The first kappa shape index (κ1) is 14.2. The molecule has 0 aliphatic rings.